The molecule has 0 atom stereocenters. The molecule has 3 rings (SSSR count). The van der Waals surface area contributed by atoms with Gasteiger partial charge in [0, 0.05) is 5.56 Å². The molecule has 100 valence electrons. The highest BCUT2D eigenvalue weighted by molar-refractivity contribution is 5.67. The van der Waals surface area contributed by atoms with Crippen molar-refractivity contribution in [1.29, 1.82) is 0 Å². The zero-order chi connectivity index (χ0) is 14.1. The van der Waals surface area contributed by atoms with E-state index in [1.165, 1.54) is 6.07 Å². The molecule has 0 amide bonds. The van der Waals surface area contributed by atoms with E-state index in [1.807, 2.05) is 13.0 Å². The standard InChI is InChI=1S/C15H12FN3O/c1-9-6-7-14(20-9)13-8-12(18-15(17)19-13)10-4-2-3-5-11(10)16/h2-8H,1H3,(H2,17,18,19). The zero-order valence-corrected chi connectivity index (χ0v) is 10.8. The van der Waals surface area contributed by atoms with E-state index >= 15 is 0 Å². The summed E-state index contributed by atoms with van der Waals surface area (Å²) in [6.07, 6.45) is 0. The molecule has 0 spiro atoms. The molecule has 0 saturated carbocycles. The van der Waals surface area contributed by atoms with E-state index in [4.69, 9.17) is 10.2 Å². The molecule has 0 aliphatic carbocycles. The molecular formula is C15H12FN3O. The van der Waals surface area contributed by atoms with Crippen LogP contribution >= 0.6 is 0 Å². The molecule has 0 unspecified atom stereocenters. The summed E-state index contributed by atoms with van der Waals surface area (Å²) >= 11 is 0. The lowest BCUT2D eigenvalue weighted by Crippen LogP contribution is -1.99. The first-order valence-corrected chi connectivity index (χ1v) is 6.10. The number of hydrogen-bond acceptors (Lipinski definition) is 4. The van der Waals surface area contributed by atoms with Crippen molar-refractivity contribution in [2.45, 2.75) is 6.92 Å². The number of nitrogens with two attached hydrogens (primary N) is 1. The molecule has 20 heavy (non-hydrogen) atoms. The SMILES string of the molecule is Cc1ccc(-c2cc(-c3ccccc3F)nc(N)n2)o1. The molecule has 0 aliphatic rings. The minimum atomic E-state index is -0.354. The quantitative estimate of drug-likeness (QED) is 0.774. The van der Waals surface area contributed by atoms with Crippen LogP contribution in [0.5, 0.6) is 0 Å². The Bertz CT molecular complexity index is 767. The van der Waals surface area contributed by atoms with Crippen molar-refractivity contribution in [3.63, 3.8) is 0 Å². The normalized spacial score (nSPS) is 10.7. The molecular weight excluding hydrogens is 257 g/mol. The zero-order valence-electron chi connectivity index (χ0n) is 10.8. The van der Waals surface area contributed by atoms with E-state index < -0.39 is 0 Å². The number of rotatable bonds is 2. The second kappa shape index (κ2) is 4.77. The maximum atomic E-state index is 13.8. The van der Waals surface area contributed by atoms with Gasteiger partial charge in [0.2, 0.25) is 5.95 Å². The topological polar surface area (TPSA) is 64.9 Å². The van der Waals surface area contributed by atoms with E-state index in [0.717, 1.165) is 5.76 Å². The van der Waals surface area contributed by atoms with Gasteiger partial charge in [-0.2, -0.15) is 0 Å². The monoisotopic (exact) mass is 269 g/mol. The average Bonchev–Trinajstić information content (AvgIpc) is 2.85. The Kier molecular flexibility index (Phi) is 2.95. The maximum absolute atomic E-state index is 13.8. The summed E-state index contributed by atoms with van der Waals surface area (Å²) in [6.45, 7) is 1.84. The summed E-state index contributed by atoms with van der Waals surface area (Å²) in [5.41, 5.74) is 7.05. The van der Waals surface area contributed by atoms with Crippen molar-refractivity contribution < 1.29 is 8.81 Å². The number of nitrogen functional groups attached to an aromatic ring is 1. The summed E-state index contributed by atoms with van der Waals surface area (Å²) in [6, 6.07) is 11.7. The minimum Gasteiger partial charge on any atom is -0.460 e. The molecule has 2 aromatic heterocycles. The first kappa shape index (κ1) is 12.3. The molecule has 0 fully saturated rings. The molecule has 1 aromatic carbocycles. The third-order valence-electron chi connectivity index (χ3n) is 2.89. The van der Waals surface area contributed by atoms with Crippen molar-refractivity contribution in [3.8, 4) is 22.7 Å². The Labute approximate surface area is 115 Å². The molecule has 0 radical (unpaired) electrons. The van der Waals surface area contributed by atoms with E-state index in [2.05, 4.69) is 9.97 Å². The van der Waals surface area contributed by atoms with Crippen LogP contribution in [-0.2, 0) is 0 Å². The first-order chi connectivity index (χ1) is 9.63. The van der Waals surface area contributed by atoms with Crippen LogP contribution in [0.2, 0.25) is 0 Å². The predicted octanol–water partition coefficient (Wildman–Crippen LogP) is 3.43. The first-order valence-electron chi connectivity index (χ1n) is 6.10. The van der Waals surface area contributed by atoms with Crippen LogP contribution in [0.15, 0.2) is 46.9 Å². The van der Waals surface area contributed by atoms with Crippen molar-refractivity contribution >= 4 is 5.95 Å². The number of aromatic nitrogens is 2. The summed E-state index contributed by atoms with van der Waals surface area (Å²) < 4.78 is 19.3. The van der Waals surface area contributed by atoms with Crippen molar-refractivity contribution in [2.24, 2.45) is 0 Å². The second-order valence-electron chi connectivity index (χ2n) is 4.39. The average molecular weight is 269 g/mol. The van der Waals surface area contributed by atoms with Crippen LogP contribution in [-0.4, -0.2) is 9.97 Å². The minimum absolute atomic E-state index is 0.0785. The van der Waals surface area contributed by atoms with Gasteiger partial charge in [0.05, 0.1) is 5.69 Å². The fraction of sp³-hybridized carbons (Fsp3) is 0.0667. The highest BCUT2D eigenvalue weighted by Crippen LogP contribution is 2.27. The molecule has 2 heterocycles. The number of aryl methyl sites for hydroxylation is 1. The lowest BCUT2D eigenvalue weighted by atomic mass is 10.1. The van der Waals surface area contributed by atoms with Gasteiger partial charge in [-0.3, -0.25) is 0 Å². The van der Waals surface area contributed by atoms with E-state index in [-0.39, 0.29) is 11.8 Å². The number of hydrogen-bond donors (Lipinski definition) is 1. The number of anilines is 1. The van der Waals surface area contributed by atoms with E-state index in [0.29, 0.717) is 22.7 Å². The van der Waals surface area contributed by atoms with Gasteiger partial charge in [-0.25, -0.2) is 14.4 Å². The molecule has 2 N–H and O–H groups in total. The number of furan rings is 1. The van der Waals surface area contributed by atoms with Crippen molar-refractivity contribution in [1.82, 2.24) is 9.97 Å². The number of halogens is 1. The van der Waals surface area contributed by atoms with Gasteiger partial charge in [0.1, 0.15) is 17.3 Å². The second-order valence-corrected chi connectivity index (χ2v) is 4.39. The van der Waals surface area contributed by atoms with Crippen LogP contribution in [0.1, 0.15) is 5.76 Å². The molecule has 5 heteroatoms. The summed E-state index contributed by atoms with van der Waals surface area (Å²) in [5.74, 6) is 1.07. The number of benzene rings is 1. The Morgan fingerprint density at radius 1 is 1.05 bits per heavy atom. The highest BCUT2D eigenvalue weighted by Gasteiger charge is 2.12. The molecule has 3 aromatic rings. The predicted molar refractivity (Wildman–Crippen MR) is 74.3 cm³/mol. The maximum Gasteiger partial charge on any atom is 0.221 e. The molecule has 0 aliphatic heterocycles. The largest absolute Gasteiger partial charge is 0.460 e. The smallest absolute Gasteiger partial charge is 0.221 e. The Hall–Kier alpha value is -2.69. The van der Waals surface area contributed by atoms with Crippen molar-refractivity contribution in [3.05, 3.63) is 54.0 Å². The van der Waals surface area contributed by atoms with Gasteiger partial charge in [0.15, 0.2) is 5.76 Å². The summed E-state index contributed by atoms with van der Waals surface area (Å²) in [4.78, 5) is 8.21. The highest BCUT2D eigenvalue weighted by atomic mass is 19.1. The lowest BCUT2D eigenvalue weighted by Gasteiger charge is -2.05. The van der Waals surface area contributed by atoms with Crippen LogP contribution in [0.4, 0.5) is 10.3 Å². The van der Waals surface area contributed by atoms with Crippen LogP contribution < -0.4 is 5.73 Å². The number of nitrogens with zero attached hydrogens (tertiary/aromatic N) is 2. The van der Waals surface area contributed by atoms with Gasteiger partial charge in [-0.1, -0.05) is 12.1 Å². The van der Waals surface area contributed by atoms with E-state index in [1.54, 1.807) is 30.3 Å². The van der Waals surface area contributed by atoms with Gasteiger partial charge in [0.25, 0.3) is 0 Å². The Morgan fingerprint density at radius 2 is 1.80 bits per heavy atom. The van der Waals surface area contributed by atoms with Gasteiger partial charge >= 0.3 is 0 Å². The summed E-state index contributed by atoms with van der Waals surface area (Å²) in [5, 5.41) is 0. The fourth-order valence-corrected chi connectivity index (χ4v) is 1.97. The van der Waals surface area contributed by atoms with Gasteiger partial charge < -0.3 is 10.2 Å². The van der Waals surface area contributed by atoms with E-state index in [9.17, 15) is 4.39 Å². The van der Waals surface area contributed by atoms with Gasteiger partial charge in [-0.15, -0.1) is 0 Å². The van der Waals surface area contributed by atoms with Crippen LogP contribution in [0, 0.1) is 12.7 Å². The third-order valence-corrected chi connectivity index (χ3v) is 2.89. The van der Waals surface area contributed by atoms with Gasteiger partial charge in [-0.05, 0) is 37.3 Å². The Balaban J connectivity index is 2.14. The van der Waals surface area contributed by atoms with Crippen LogP contribution in [0.25, 0.3) is 22.7 Å². The third kappa shape index (κ3) is 2.25. The molecule has 4 nitrogen and oxygen atoms in total. The van der Waals surface area contributed by atoms with Crippen LogP contribution in [0.3, 0.4) is 0 Å². The molecule has 0 bridgehead atoms. The molecule has 0 saturated heterocycles. The Morgan fingerprint density at radius 3 is 2.50 bits per heavy atom. The van der Waals surface area contributed by atoms with Crippen molar-refractivity contribution in [2.75, 3.05) is 5.73 Å². The summed E-state index contributed by atoms with van der Waals surface area (Å²) in [7, 11) is 0. The fourth-order valence-electron chi connectivity index (χ4n) is 1.97. The lowest BCUT2D eigenvalue weighted by molar-refractivity contribution is 0.546.